The summed E-state index contributed by atoms with van der Waals surface area (Å²) in [5, 5.41) is 7.59. The predicted octanol–water partition coefficient (Wildman–Crippen LogP) is 3.75. The SMILES string of the molecule is COc1cn(Cc2ccccc2)c(Nc2cc(-c3ccnn3C)ccc2C)nc1=O. The first-order valence-electron chi connectivity index (χ1n) is 9.60. The molecule has 1 N–H and O–H groups in total. The molecule has 0 amide bonds. The number of benzene rings is 2. The zero-order chi connectivity index (χ0) is 21.1. The van der Waals surface area contributed by atoms with Gasteiger partial charge >= 0.3 is 5.56 Å². The number of ether oxygens (including phenoxy) is 1. The largest absolute Gasteiger partial charge is 0.490 e. The Kier molecular flexibility index (Phi) is 5.34. The molecule has 0 aliphatic rings. The van der Waals surface area contributed by atoms with Crippen LogP contribution >= 0.6 is 0 Å². The van der Waals surface area contributed by atoms with Crippen LogP contribution in [-0.2, 0) is 13.6 Å². The highest BCUT2D eigenvalue weighted by Gasteiger charge is 2.12. The topological polar surface area (TPSA) is 74.0 Å². The molecule has 0 saturated heterocycles. The summed E-state index contributed by atoms with van der Waals surface area (Å²) in [6.45, 7) is 2.56. The second-order valence-corrected chi connectivity index (χ2v) is 7.05. The molecule has 0 aliphatic carbocycles. The van der Waals surface area contributed by atoms with Crippen molar-refractivity contribution in [2.24, 2.45) is 7.05 Å². The number of nitrogens with one attached hydrogen (secondary N) is 1. The van der Waals surface area contributed by atoms with Crippen molar-refractivity contribution in [3.8, 4) is 17.0 Å². The molecule has 0 unspecified atom stereocenters. The van der Waals surface area contributed by atoms with Crippen LogP contribution in [0.3, 0.4) is 0 Å². The van der Waals surface area contributed by atoms with E-state index >= 15 is 0 Å². The number of methoxy groups -OCH3 is 1. The zero-order valence-corrected chi connectivity index (χ0v) is 17.2. The van der Waals surface area contributed by atoms with Crippen molar-refractivity contribution in [3.05, 3.63) is 88.5 Å². The van der Waals surface area contributed by atoms with Gasteiger partial charge in [0, 0.05) is 24.5 Å². The van der Waals surface area contributed by atoms with Crippen LogP contribution < -0.4 is 15.6 Å². The standard InChI is InChI=1S/C23H23N5O2/c1-16-9-10-18(20-11-12-24-27(20)2)13-19(16)25-23-26-22(29)21(30-3)15-28(23)14-17-7-5-4-6-8-17/h4-13,15H,14H2,1-3H3,(H,25,26,29). The van der Waals surface area contributed by atoms with E-state index in [0.717, 1.165) is 28.1 Å². The van der Waals surface area contributed by atoms with Crippen molar-refractivity contribution in [2.75, 3.05) is 12.4 Å². The second kappa shape index (κ2) is 8.24. The molecule has 0 fully saturated rings. The third-order valence-electron chi connectivity index (χ3n) is 4.98. The van der Waals surface area contributed by atoms with Crippen LogP contribution in [0.2, 0.25) is 0 Å². The highest BCUT2D eigenvalue weighted by atomic mass is 16.5. The van der Waals surface area contributed by atoms with E-state index in [0.29, 0.717) is 12.5 Å². The molecule has 2 heterocycles. The third kappa shape index (κ3) is 3.96. The Labute approximate surface area is 174 Å². The molecule has 30 heavy (non-hydrogen) atoms. The van der Waals surface area contributed by atoms with Gasteiger partial charge in [0.25, 0.3) is 0 Å². The van der Waals surface area contributed by atoms with E-state index in [1.807, 2.05) is 71.8 Å². The molecule has 0 spiro atoms. The molecule has 0 radical (unpaired) electrons. The van der Waals surface area contributed by atoms with Gasteiger partial charge in [-0.2, -0.15) is 10.1 Å². The van der Waals surface area contributed by atoms with Crippen LogP contribution in [-0.4, -0.2) is 26.4 Å². The van der Waals surface area contributed by atoms with Crippen LogP contribution in [0.5, 0.6) is 5.75 Å². The Bertz CT molecular complexity index is 1230. The molecule has 0 bridgehead atoms. The van der Waals surface area contributed by atoms with E-state index < -0.39 is 5.56 Å². The fourth-order valence-corrected chi connectivity index (χ4v) is 3.31. The molecule has 152 valence electrons. The number of aryl methyl sites for hydroxylation is 2. The first-order chi connectivity index (χ1) is 14.5. The van der Waals surface area contributed by atoms with Crippen molar-refractivity contribution in [1.29, 1.82) is 0 Å². The summed E-state index contributed by atoms with van der Waals surface area (Å²) < 4.78 is 8.91. The highest BCUT2D eigenvalue weighted by molar-refractivity contribution is 5.70. The van der Waals surface area contributed by atoms with Gasteiger partial charge in [0.15, 0.2) is 0 Å². The Morgan fingerprint density at radius 2 is 1.90 bits per heavy atom. The molecule has 0 atom stereocenters. The Balaban J connectivity index is 1.75. The summed E-state index contributed by atoms with van der Waals surface area (Å²) in [6, 6.07) is 18.1. The van der Waals surface area contributed by atoms with Gasteiger partial charge in [-0.3, -0.25) is 9.48 Å². The Morgan fingerprint density at radius 3 is 2.60 bits per heavy atom. The average molecular weight is 401 g/mol. The lowest BCUT2D eigenvalue weighted by atomic mass is 10.1. The number of anilines is 2. The lowest BCUT2D eigenvalue weighted by molar-refractivity contribution is 0.402. The number of hydrogen-bond acceptors (Lipinski definition) is 5. The monoisotopic (exact) mass is 401 g/mol. The predicted molar refractivity (Wildman–Crippen MR) is 117 cm³/mol. The Morgan fingerprint density at radius 1 is 1.10 bits per heavy atom. The highest BCUT2D eigenvalue weighted by Crippen LogP contribution is 2.27. The van der Waals surface area contributed by atoms with E-state index in [4.69, 9.17) is 4.74 Å². The minimum atomic E-state index is -0.412. The average Bonchev–Trinajstić information content (AvgIpc) is 3.18. The van der Waals surface area contributed by atoms with Gasteiger partial charge in [-0.1, -0.05) is 42.5 Å². The van der Waals surface area contributed by atoms with Crippen molar-refractivity contribution >= 4 is 11.6 Å². The third-order valence-corrected chi connectivity index (χ3v) is 4.98. The lowest BCUT2D eigenvalue weighted by Gasteiger charge is -2.17. The van der Waals surface area contributed by atoms with Crippen LogP contribution in [0.25, 0.3) is 11.3 Å². The molecule has 7 nitrogen and oxygen atoms in total. The van der Waals surface area contributed by atoms with E-state index in [-0.39, 0.29) is 5.75 Å². The Hall–Kier alpha value is -3.87. The molecule has 4 rings (SSSR count). The quantitative estimate of drug-likeness (QED) is 0.533. The fourth-order valence-electron chi connectivity index (χ4n) is 3.31. The molecule has 2 aromatic heterocycles. The summed E-state index contributed by atoms with van der Waals surface area (Å²) in [6.07, 6.45) is 3.45. The first-order valence-corrected chi connectivity index (χ1v) is 9.60. The van der Waals surface area contributed by atoms with E-state index in [2.05, 4.69) is 21.5 Å². The van der Waals surface area contributed by atoms with Gasteiger partial charge in [0.2, 0.25) is 11.7 Å². The number of aromatic nitrogens is 4. The van der Waals surface area contributed by atoms with E-state index in [1.165, 1.54) is 7.11 Å². The van der Waals surface area contributed by atoms with Gasteiger partial charge in [0.05, 0.1) is 25.5 Å². The summed E-state index contributed by atoms with van der Waals surface area (Å²) >= 11 is 0. The smallest absolute Gasteiger partial charge is 0.316 e. The van der Waals surface area contributed by atoms with Gasteiger partial charge in [-0.15, -0.1) is 0 Å². The minimum absolute atomic E-state index is 0.205. The number of hydrogen-bond donors (Lipinski definition) is 1. The molecule has 4 aromatic rings. The first kappa shape index (κ1) is 19.4. The van der Waals surface area contributed by atoms with Crippen LogP contribution in [0.15, 0.2) is 71.8 Å². The second-order valence-electron chi connectivity index (χ2n) is 7.05. The molecule has 7 heteroatoms. The van der Waals surface area contributed by atoms with Gasteiger partial charge in [0.1, 0.15) is 0 Å². The molecular weight excluding hydrogens is 378 g/mol. The molecular formula is C23H23N5O2. The number of nitrogens with zero attached hydrogens (tertiary/aromatic N) is 4. The van der Waals surface area contributed by atoms with Gasteiger partial charge in [-0.05, 0) is 30.2 Å². The van der Waals surface area contributed by atoms with Crippen molar-refractivity contribution in [3.63, 3.8) is 0 Å². The van der Waals surface area contributed by atoms with Crippen molar-refractivity contribution < 1.29 is 4.74 Å². The normalized spacial score (nSPS) is 10.8. The summed E-state index contributed by atoms with van der Waals surface area (Å²) in [5.41, 5.74) is 4.61. The molecule has 0 aliphatic heterocycles. The maximum Gasteiger partial charge on any atom is 0.316 e. The molecule has 2 aromatic carbocycles. The van der Waals surface area contributed by atoms with Crippen molar-refractivity contribution in [1.82, 2.24) is 19.3 Å². The van der Waals surface area contributed by atoms with Crippen LogP contribution in [0.4, 0.5) is 11.6 Å². The summed E-state index contributed by atoms with van der Waals surface area (Å²) in [5.74, 6) is 0.659. The summed E-state index contributed by atoms with van der Waals surface area (Å²) in [7, 11) is 3.38. The van der Waals surface area contributed by atoms with Gasteiger partial charge < -0.3 is 14.6 Å². The molecule has 0 saturated carbocycles. The maximum absolute atomic E-state index is 12.3. The number of rotatable bonds is 6. The summed E-state index contributed by atoms with van der Waals surface area (Å²) in [4.78, 5) is 16.6. The fraction of sp³-hybridized carbons (Fsp3) is 0.174. The zero-order valence-electron chi connectivity index (χ0n) is 17.2. The van der Waals surface area contributed by atoms with E-state index in [1.54, 1.807) is 12.4 Å². The minimum Gasteiger partial charge on any atom is -0.490 e. The van der Waals surface area contributed by atoms with Crippen LogP contribution in [0.1, 0.15) is 11.1 Å². The maximum atomic E-state index is 12.3. The van der Waals surface area contributed by atoms with Crippen LogP contribution in [0, 0.1) is 6.92 Å². The van der Waals surface area contributed by atoms with Gasteiger partial charge in [-0.25, -0.2) is 0 Å². The van der Waals surface area contributed by atoms with E-state index in [9.17, 15) is 4.79 Å². The van der Waals surface area contributed by atoms with Crippen molar-refractivity contribution in [2.45, 2.75) is 13.5 Å². The lowest BCUT2D eigenvalue weighted by Crippen LogP contribution is -2.19.